The van der Waals surface area contributed by atoms with Gasteiger partial charge in [0.25, 0.3) is 0 Å². The predicted octanol–water partition coefficient (Wildman–Crippen LogP) is -18.0. The normalized spacial score (nSPS) is 0. The van der Waals surface area contributed by atoms with E-state index in [9.17, 15) is 0 Å². The third kappa shape index (κ3) is 82.0. The first-order chi connectivity index (χ1) is 0. The van der Waals surface area contributed by atoms with Gasteiger partial charge in [0.15, 0.2) is 0 Å². The van der Waals surface area contributed by atoms with Crippen molar-refractivity contribution in [1.29, 1.82) is 0 Å². The van der Waals surface area contributed by atoms with E-state index in [2.05, 4.69) is 0 Å². The second-order valence-corrected chi connectivity index (χ2v) is 0. The molecule has 0 unspecified atom stereocenters. The van der Waals surface area contributed by atoms with Gasteiger partial charge >= 0.3 is 51.4 Å². The van der Waals surface area contributed by atoms with Crippen LogP contribution in [0, 0.1) is 0 Å². The molecule has 0 amide bonds. The summed E-state index contributed by atoms with van der Waals surface area (Å²) in [4.78, 5) is 0. The molecule has 7 heteroatoms. The van der Waals surface area contributed by atoms with Crippen LogP contribution in [0.5, 0.6) is 0 Å². The average Bonchev–Trinajstić information content (AvgIpc) is 0. The summed E-state index contributed by atoms with van der Waals surface area (Å²) in [7, 11) is 0. The van der Waals surface area contributed by atoms with Crippen LogP contribution in [0.2, 0.25) is 0 Å². The minimum atomic E-state index is 0. The molecule has 0 aliphatic rings. The van der Waals surface area contributed by atoms with Crippen molar-refractivity contribution in [1.82, 2.24) is 0 Å². The molecule has 0 radical (unpaired) electrons. The van der Waals surface area contributed by atoms with E-state index < -0.39 is 0 Å². The Labute approximate surface area is 90.0 Å². The number of hydrogen-bond acceptors (Lipinski definition) is 0. The van der Waals surface area contributed by atoms with Crippen molar-refractivity contribution in [2.45, 2.75) is 0 Å². The van der Waals surface area contributed by atoms with Crippen molar-refractivity contribution in [2.24, 2.45) is 0 Å². The average molecular weight is 193 g/mol. The first-order valence-corrected chi connectivity index (χ1v) is 0. The van der Waals surface area contributed by atoms with Gasteiger partial charge in [-0.1, -0.05) is 0 Å². The summed E-state index contributed by atoms with van der Waals surface area (Å²) >= 11 is 0. The Balaban J connectivity index is 0. The second kappa shape index (κ2) is 113. The van der Waals surface area contributed by atoms with E-state index in [1.165, 1.54) is 0 Å². The van der Waals surface area contributed by atoms with Crippen LogP contribution >= 0.6 is 0 Å². The summed E-state index contributed by atoms with van der Waals surface area (Å²) in [6, 6.07) is 0. The standard InChI is InChI=1S/5FH.K.Ni/h5*1H;;/q;;;;;+1;/p-5. The van der Waals surface area contributed by atoms with Crippen molar-refractivity contribution >= 4 is 0 Å². The van der Waals surface area contributed by atoms with E-state index >= 15 is 0 Å². The third-order valence-corrected chi connectivity index (χ3v) is 0. The van der Waals surface area contributed by atoms with Crippen LogP contribution in [0.25, 0.3) is 0 Å². The van der Waals surface area contributed by atoms with Gasteiger partial charge in [-0.25, -0.2) is 0 Å². The largest absolute Gasteiger partial charge is 1.00 e. The first kappa shape index (κ1) is 168. The molecule has 0 aliphatic heterocycles. The Morgan fingerprint density at radius 2 is 0.429 bits per heavy atom. The topological polar surface area (TPSA) is 0 Å². The van der Waals surface area contributed by atoms with Crippen LogP contribution < -0.4 is 74.9 Å². The number of rotatable bonds is 0. The summed E-state index contributed by atoms with van der Waals surface area (Å²) in [6.07, 6.45) is 0. The van der Waals surface area contributed by atoms with E-state index in [4.69, 9.17) is 0 Å². The minimum absolute atomic E-state index is 0. The van der Waals surface area contributed by atoms with Gasteiger partial charge in [-0.15, -0.1) is 0 Å². The predicted molar refractivity (Wildman–Crippen MR) is 0 cm³/mol. The molecule has 0 saturated carbocycles. The second-order valence-electron chi connectivity index (χ2n) is 0. The molecule has 0 bridgehead atoms. The molecule has 0 aromatic rings. The van der Waals surface area contributed by atoms with E-state index in [0.717, 1.165) is 0 Å². The Bertz CT molecular complexity index is 8.04. The van der Waals surface area contributed by atoms with Gasteiger partial charge in [-0.05, 0) is 0 Å². The van der Waals surface area contributed by atoms with Crippen molar-refractivity contribution in [3.63, 3.8) is 0 Å². The maximum absolute atomic E-state index is 0. The van der Waals surface area contributed by atoms with Crippen molar-refractivity contribution in [3.05, 3.63) is 0 Å². The molecule has 0 N–H and O–H groups in total. The molecule has 0 aromatic carbocycles. The van der Waals surface area contributed by atoms with Gasteiger partial charge in [-0.3, -0.25) is 0 Å². The molecule has 0 fully saturated rings. The van der Waals surface area contributed by atoms with Crippen molar-refractivity contribution < 1.29 is 91.4 Å². The summed E-state index contributed by atoms with van der Waals surface area (Å²) < 4.78 is 0. The van der Waals surface area contributed by atoms with Crippen LogP contribution in [0.15, 0.2) is 0 Å². The minimum Gasteiger partial charge on any atom is -1.00 e. The molecule has 0 spiro atoms. The molecule has 7 heavy (non-hydrogen) atoms. The molecule has 50 valence electrons. The maximum Gasteiger partial charge on any atom is 1.00 e. The monoisotopic (exact) mass is 192 g/mol. The van der Waals surface area contributed by atoms with Crippen LogP contribution in [0.4, 0.5) is 0 Å². The molecule has 0 aromatic heterocycles. The van der Waals surface area contributed by atoms with Crippen LogP contribution in [0.3, 0.4) is 0 Å². The summed E-state index contributed by atoms with van der Waals surface area (Å²) in [5.74, 6) is 0. The van der Waals surface area contributed by atoms with Crippen LogP contribution in [-0.4, -0.2) is 0 Å². The number of halogens is 5. The zero-order chi connectivity index (χ0) is 0. The van der Waals surface area contributed by atoms with Gasteiger partial charge in [0, 0.05) is 16.5 Å². The fourth-order valence-electron chi connectivity index (χ4n) is 0. The van der Waals surface area contributed by atoms with E-state index in [0.29, 0.717) is 0 Å². The molecule has 0 heterocycles. The van der Waals surface area contributed by atoms with Crippen molar-refractivity contribution in [2.75, 3.05) is 0 Å². The van der Waals surface area contributed by atoms with Gasteiger partial charge < -0.3 is 23.5 Å². The smallest absolute Gasteiger partial charge is 1.00 e. The van der Waals surface area contributed by atoms with Gasteiger partial charge in [0.05, 0.1) is 0 Å². The maximum atomic E-state index is 0. The molecular formula is F5KNi-4. The fourth-order valence-corrected chi connectivity index (χ4v) is 0. The quantitative estimate of drug-likeness (QED) is 0.264. The van der Waals surface area contributed by atoms with Crippen LogP contribution in [0.1, 0.15) is 0 Å². The first-order valence-electron chi connectivity index (χ1n) is 0. The SMILES string of the molecule is [F-].[F-].[F-].[F-].[F-].[K+].[Ni]. The molecule has 0 aliphatic carbocycles. The summed E-state index contributed by atoms with van der Waals surface area (Å²) in [6.45, 7) is 0. The van der Waals surface area contributed by atoms with Crippen LogP contribution in [-0.2, 0) is 16.5 Å². The van der Waals surface area contributed by atoms with E-state index in [1.807, 2.05) is 0 Å². The third-order valence-electron chi connectivity index (χ3n) is 0. The molecule has 0 rings (SSSR count). The summed E-state index contributed by atoms with van der Waals surface area (Å²) in [5, 5.41) is 0. The Morgan fingerprint density at radius 1 is 0.429 bits per heavy atom. The van der Waals surface area contributed by atoms with Crippen molar-refractivity contribution in [3.8, 4) is 0 Å². The zero-order valence-corrected chi connectivity index (χ0v) is 7.32. The Kier molecular flexibility index (Phi) is 2710. The Hall–Kier alpha value is 1.78. The fraction of sp³-hybridized carbons (Fsp3) is 0. The zero-order valence-electron chi connectivity index (χ0n) is 3.21. The number of hydrogen-bond donors (Lipinski definition) is 0. The molecule has 0 saturated heterocycles. The van der Waals surface area contributed by atoms with Gasteiger partial charge in [-0.2, -0.15) is 0 Å². The van der Waals surface area contributed by atoms with E-state index in [1.54, 1.807) is 0 Å². The van der Waals surface area contributed by atoms with Gasteiger partial charge in [0.2, 0.25) is 0 Å². The molecular weight excluding hydrogens is 193 g/mol. The summed E-state index contributed by atoms with van der Waals surface area (Å²) in [5.41, 5.74) is 0. The molecule has 0 atom stereocenters. The Morgan fingerprint density at radius 3 is 0.429 bits per heavy atom. The van der Waals surface area contributed by atoms with Gasteiger partial charge in [0.1, 0.15) is 0 Å². The van der Waals surface area contributed by atoms with E-state index in [-0.39, 0.29) is 91.4 Å². The molecule has 0 nitrogen and oxygen atoms in total.